The van der Waals surface area contributed by atoms with Crippen LogP contribution < -0.4 is 6.15 Å². The van der Waals surface area contributed by atoms with Crippen LogP contribution in [0.15, 0.2) is 0 Å². The van der Waals surface area contributed by atoms with E-state index in [1.165, 1.54) is 0 Å². The summed E-state index contributed by atoms with van der Waals surface area (Å²) in [4.78, 5) is 8.25. The third-order valence-electron chi connectivity index (χ3n) is 0. The summed E-state index contributed by atoms with van der Waals surface area (Å²) in [6, 6.07) is 0. The second kappa shape index (κ2) is 16.2. The molecule has 0 fully saturated rings. The van der Waals surface area contributed by atoms with E-state index in [-0.39, 0.29) is 49.4 Å². The zero-order chi connectivity index (χ0) is 3.58. The molecule has 6 nitrogen and oxygen atoms in total. The Labute approximate surface area is 69.5 Å². The Morgan fingerprint density at radius 1 is 1.29 bits per heavy atom. The molecule has 0 spiro atoms. The first-order chi connectivity index (χ1) is 1.73. The molecule has 0 amide bonds. The molecular weight excluding hydrogens is 132 g/mol. The molecular formula is H6CaN2O4+2. The summed E-state index contributed by atoms with van der Waals surface area (Å²) >= 11 is 0. The molecule has 0 bridgehead atoms. The summed E-state index contributed by atoms with van der Waals surface area (Å²) in [5.41, 5.74) is 0. The monoisotopic (exact) mass is 138 g/mol. The zero-order valence-corrected chi connectivity index (χ0v) is 6.09. The van der Waals surface area contributed by atoms with Gasteiger partial charge in [0.05, 0.1) is 5.09 Å². The minimum Gasteiger partial charge on any atom is -0.412 e. The molecule has 0 unspecified atom stereocenters. The standard InChI is InChI=1S/Ca.NO3.H3N.H2O/c;2-1(3)4;;/h;;1H3;1H2/q+2;-1;;/p+1. The van der Waals surface area contributed by atoms with Gasteiger partial charge in [-0.25, -0.2) is 0 Å². The Morgan fingerprint density at radius 3 is 1.29 bits per heavy atom. The minimum absolute atomic E-state index is 0. The maximum atomic E-state index is 8.25. The molecule has 7 heavy (non-hydrogen) atoms. The molecule has 7 heteroatoms. The van der Waals surface area contributed by atoms with E-state index in [4.69, 9.17) is 15.3 Å². The van der Waals surface area contributed by atoms with Crippen molar-refractivity contribution in [3.05, 3.63) is 15.3 Å². The van der Waals surface area contributed by atoms with Crippen molar-refractivity contribution < 1.29 is 10.6 Å². The van der Waals surface area contributed by atoms with Gasteiger partial charge in [0.15, 0.2) is 0 Å². The van der Waals surface area contributed by atoms with Crippen molar-refractivity contribution in [2.75, 3.05) is 0 Å². The molecule has 0 saturated heterocycles. The normalized spacial score (nSPS) is 3.43. The molecule has 6 N–H and O–H groups in total. The van der Waals surface area contributed by atoms with Crippen molar-refractivity contribution in [3.63, 3.8) is 0 Å². The number of quaternary nitrogens is 1. The third kappa shape index (κ3) is 849. The van der Waals surface area contributed by atoms with Crippen LogP contribution in [-0.2, 0) is 0 Å². The predicted octanol–water partition coefficient (Wildman–Crippen LogP) is -1.07. The third-order valence-corrected chi connectivity index (χ3v) is 0. The number of nitrogens with zero attached hydrogens (tertiary/aromatic N) is 1. The first-order valence-corrected chi connectivity index (χ1v) is 0.548. The van der Waals surface area contributed by atoms with Crippen molar-refractivity contribution >= 4 is 37.7 Å². The van der Waals surface area contributed by atoms with Crippen molar-refractivity contribution in [1.29, 1.82) is 0 Å². The summed E-state index contributed by atoms with van der Waals surface area (Å²) in [5.74, 6) is 0. The van der Waals surface area contributed by atoms with E-state index < -0.39 is 5.09 Å². The van der Waals surface area contributed by atoms with Gasteiger partial charge in [0.25, 0.3) is 0 Å². The summed E-state index contributed by atoms with van der Waals surface area (Å²) < 4.78 is 0. The quantitative estimate of drug-likeness (QED) is 0.259. The average molecular weight is 138 g/mol. The van der Waals surface area contributed by atoms with Gasteiger partial charge in [0.1, 0.15) is 0 Å². The molecule has 0 aromatic heterocycles. The summed E-state index contributed by atoms with van der Waals surface area (Å²) in [5, 5.41) is 14.8. The van der Waals surface area contributed by atoms with Gasteiger partial charge in [0.2, 0.25) is 0 Å². The molecule has 0 radical (unpaired) electrons. The van der Waals surface area contributed by atoms with Crippen molar-refractivity contribution in [1.82, 2.24) is 6.15 Å². The number of rotatable bonds is 0. The van der Waals surface area contributed by atoms with Crippen LogP contribution in [0.4, 0.5) is 0 Å². The molecule has 0 aromatic carbocycles. The van der Waals surface area contributed by atoms with E-state index in [1.54, 1.807) is 0 Å². The van der Waals surface area contributed by atoms with E-state index in [2.05, 4.69) is 0 Å². The smallest absolute Gasteiger partial charge is 0.412 e. The Hall–Kier alpha value is 0.380. The molecule has 0 atom stereocenters. The van der Waals surface area contributed by atoms with Crippen LogP contribution in [0.25, 0.3) is 0 Å². The fraction of sp³-hybridized carbons (Fsp3) is 0. The Balaban J connectivity index is -0.0000000150. The van der Waals surface area contributed by atoms with E-state index in [1.807, 2.05) is 0 Å². The summed E-state index contributed by atoms with van der Waals surface area (Å²) in [7, 11) is 0. The molecule has 0 heterocycles. The summed E-state index contributed by atoms with van der Waals surface area (Å²) in [6.07, 6.45) is 0. The average Bonchev–Trinajstić information content (AvgIpc) is 0.811. The largest absolute Gasteiger partial charge is 2.00 e. The number of hydrogen-bond acceptors (Lipinski definition) is 3. The first kappa shape index (κ1) is 26.3. The van der Waals surface area contributed by atoms with E-state index >= 15 is 0 Å². The molecule has 0 aromatic rings. The van der Waals surface area contributed by atoms with Gasteiger partial charge in [-0.15, -0.1) is 0 Å². The van der Waals surface area contributed by atoms with Gasteiger partial charge in [-0.2, -0.15) is 0 Å². The first-order valence-electron chi connectivity index (χ1n) is 0.548. The van der Waals surface area contributed by atoms with Crippen molar-refractivity contribution in [3.8, 4) is 0 Å². The topological polar surface area (TPSA) is 134 Å². The fourth-order valence-corrected chi connectivity index (χ4v) is 0. The van der Waals surface area contributed by atoms with Gasteiger partial charge >= 0.3 is 37.7 Å². The molecule has 0 saturated carbocycles. The van der Waals surface area contributed by atoms with Crippen LogP contribution in [0.2, 0.25) is 0 Å². The van der Waals surface area contributed by atoms with E-state index in [0.29, 0.717) is 0 Å². The zero-order valence-electron chi connectivity index (χ0n) is 3.88. The van der Waals surface area contributed by atoms with Crippen molar-refractivity contribution in [2.45, 2.75) is 0 Å². The van der Waals surface area contributed by atoms with Crippen molar-refractivity contribution in [2.24, 2.45) is 0 Å². The van der Waals surface area contributed by atoms with E-state index in [9.17, 15) is 0 Å². The molecule has 0 rings (SSSR count). The predicted molar refractivity (Wildman–Crippen MR) is 25.7 cm³/mol. The maximum Gasteiger partial charge on any atom is 2.00 e. The minimum atomic E-state index is -1.75. The van der Waals surface area contributed by atoms with Crippen LogP contribution in [0.3, 0.4) is 0 Å². The fourth-order valence-electron chi connectivity index (χ4n) is 0. The molecule has 0 aliphatic rings. The van der Waals surface area contributed by atoms with Gasteiger partial charge in [-0.05, 0) is 0 Å². The van der Waals surface area contributed by atoms with Gasteiger partial charge in [0, 0.05) is 0 Å². The van der Waals surface area contributed by atoms with Gasteiger partial charge < -0.3 is 26.9 Å². The van der Waals surface area contributed by atoms with Gasteiger partial charge in [-0.1, -0.05) is 0 Å². The molecule has 0 aliphatic heterocycles. The molecule has 0 aliphatic carbocycles. The van der Waals surface area contributed by atoms with Crippen LogP contribution >= 0.6 is 0 Å². The second-order valence-electron chi connectivity index (χ2n) is 0.224. The maximum absolute atomic E-state index is 8.25. The Bertz CT molecular complexity index is 32.7. The molecule has 40 valence electrons. The summed E-state index contributed by atoms with van der Waals surface area (Å²) in [6.45, 7) is 0. The van der Waals surface area contributed by atoms with Crippen LogP contribution in [0.5, 0.6) is 0 Å². The van der Waals surface area contributed by atoms with Gasteiger partial charge in [-0.3, -0.25) is 0 Å². The Morgan fingerprint density at radius 2 is 1.29 bits per heavy atom. The van der Waals surface area contributed by atoms with Crippen LogP contribution in [-0.4, -0.2) is 48.3 Å². The number of hydrogen-bond donors (Lipinski definition) is 1. The van der Waals surface area contributed by atoms with E-state index in [0.717, 1.165) is 0 Å². The second-order valence-corrected chi connectivity index (χ2v) is 0.224. The Kier molecular flexibility index (Phi) is 60.7. The van der Waals surface area contributed by atoms with Crippen LogP contribution in [0, 0.1) is 15.3 Å². The SMILES string of the molecule is O.O=[N+]([O-])[O-].[Ca+2].[NH4+]. The van der Waals surface area contributed by atoms with Crippen LogP contribution in [0.1, 0.15) is 0 Å².